The third kappa shape index (κ3) is 2.94. The fourth-order valence-corrected chi connectivity index (χ4v) is 5.80. The van der Waals surface area contributed by atoms with E-state index in [9.17, 15) is 0 Å². The van der Waals surface area contributed by atoms with Crippen LogP contribution in [0.2, 0.25) is 0 Å². The van der Waals surface area contributed by atoms with E-state index in [2.05, 4.69) is 0 Å². The molecule has 6 heteroatoms. The highest BCUT2D eigenvalue weighted by atomic mass is 19.3. The predicted molar refractivity (Wildman–Crippen MR) is 126 cm³/mol. The van der Waals surface area contributed by atoms with Crippen LogP contribution in [0.4, 0.5) is 26.3 Å². The first kappa shape index (κ1) is 24.0. The maximum absolute atomic E-state index is 15.6. The van der Waals surface area contributed by atoms with E-state index in [1.54, 1.807) is 39.8 Å². The summed E-state index contributed by atoms with van der Waals surface area (Å²) in [6.45, 7) is 10.4. The summed E-state index contributed by atoms with van der Waals surface area (Å²) in [6.07, 6.45) is 0.505. The molecule has 0 unspecified atom stereocenters. The molecule has 3 aliphatic rings. The summed E-state index contributed by atoms with van der Waals surface area (Å²) >= 11 is 0. The molecule has 0 radical (unpaired) electrons. The Morgan fingerprint density at radius 2 is 0.829 bits per heavy atom. The minimum Gasteiger partial charge on any atom is -0.194 e. The molecule has 0 nitrogen and oxygen atoms in total. The van der Waals surface area contributed by atoms with Gasteiger partial charge in [0.15, 0.2) is 0 Å². The third-order valence-electron chi connectivity index (χ3n) is 7.91. The molecule has 2 aromatic carbocycles. The molecule has 2 aromatic rings. The largest absolute Gasteiger partial charge is 0.380 e. The molecular weight excluding hydrogens is 462 g/mol. The summed E-state index contributed by atoms with van der Waals surface area (Å²) in [7, 11) is 0. The van der Waals surface area contributed by atoms with E-state index in [1.165, 1.54) is 0 Å². The second kappa shape index (κ2) is 7.14. The molecule has 0 aliphatic heterocycles. The number of alkyl halides is 6. The number of hydrogen-bond acceptors (Lipinski definition) is 0. The summed E-state index contributed by atoms with van der Waals surface area (Å²) in [5, 5.41) is 0. The molecule has 5 rings (SSSR count). The maximum atomic E-state index is 15.6. The number of hydrogen-bond donors (Lipinski definition) is 0. The van der Waals surface area contributed by atoms with Crippen molar-refractivity contribution in [3.8, 4) is 0 Å². The van der Waals surface area contributed by atoms with Gasteiger partial charge in [-0.1, -0.05) is 35.4 Å². The SMILES string of the molecule is CC1=C(C2=C(C3=C(C)Cc4cc(C)c(C)cc43)C(F)(F)C(F)(F)C2(F)F)c2cc(C)c(C)cc2C1. The highest BCUT2D eigenvalue weighted by Crippen LogP contribution is 2.66. The lowest BCUT2D eigenvalue weighted by atomic mass is 9.86. The second-order valence-electron chi connectivity index (χ2n) is 10.3. The average molecular weight is 489 g/mol. The van der Waals surface area contributed by atoms with Gasteiger partial charge in [-0.05, 0) is 110 Å². The summed E-state index contributed by atoms with van der Waals surface area (Å²) < 4.78 is 92.4. The molecule has 0 saturated heterocycles. The monoisotopic (exact) mass is 488 g/mol. The van der Waals surface area contributed by atoms with Crippen molar-refractivity contribution in [3.05, 3.63) is 91.1 Å². The van der Waals surface area contributed by atoms with Crippen LogP contribution < -0.4 is 0 Å². The lowest BCUT2D eigenvalue weighted by molar-refractivity contribution is -0.263. The van der Waals surface area contributed by atoms with Gasteiger partial charge >= 0.3 is 17.8 Å². The van der Waals surface area contributed by atoms with Gasteiger partial charge in [0.05, 0.1) is 0 Å². The van der Waals surface area contributed by atoms with Gasteiger partial charge in [-0.25, -0.2) is 0 Å². The van der Waals surface area contributed by atoms with E-state index in [-0.39, 0.29) is 24.0 Å². The van der Waals surface area contributed by atoms with Crippen LogP contribution in [0.3, 0.4) is 0 Å². The van der Waals surface area contributed by atoms with Gasteiger partial charge in [0, 0.05) is 11.1 Å². The van der Waals surface area contributed by atoms with E-state index in [1.807, 2.05) is 26.0 Å². The van der Waals surface area contributed by atoms with Crippen molar-refractivity contribution < 1.29 is 26.3 Å². The van der Waals surface area contributed by atoms with Crippen LogP contribution in [0, 0.1) is 27.7 Å². The molecule has 0 spiro atoms. The topological polar surface area (TPSA) is 0 Å². The Bertz CT molecular complexity index is 1310. The minimum atomic E-state index is -5.56. The Kier molecular flexibility index (Phi) is 4.89. The van der Waals surface area contributed by atoms with Crippen LogP contribution >= 0.6 is 0 Å². The molecule has 0 atom stereocenters. The van der Waals surface area contributed by atoms with Gasteiger partial charge in [0.1, 0.15) is 0 Å². The smallest absolute Gasteiger partial charge is 0.194 e. The molecule has 0 N–H and O–H groups in total. The number of allylic oxidation sites excluding steroid dienone is 6. The lowest BCUT2D eigenvalue weighted by Gasteiger charge is -2.26. The molecule has 35 heavy (non-hydrogen) atoms. The number of halogens is 6. The first-order valence-electron chi connectivity index (χ1n) is 11.6. The van der Waals surface area contributed by atoms with Crippen molar-refractivity contribution in [2.24, 2.45) is 0 Å². The van der Waals surface area contributed by atoms with Crippen LogP contribution in [-0.4, -0.2) is 17.8 Å². The van der Waals surface area contributed by atoms with Gasteiger partial charge in [0.2, 0.25) is 0 Å². The van der Waals surface area contributed by atoms with E-state index >= 15 is 26.3 Å². The van der Waals surface area contributed by atoms with Crippen molar-refractivity contribution in [1.29, 1.82) is 0 Å². The second-order valence-corrected chi connectivity index (χ2v) is 10.3. The Balaban J connectivity index is 1.89. The normalized spacial score (nSPS) is 21.8. The Labute approximate surface area is 201 Å². The Morgan fingerprint density at radius 3 is 1.17 bits per heavy atom. The summed E-state index contributed by atoms with van der Waals surface area (Å²) in [4.78, 5) is 0. The van der Waals surface area contributed by atoms with Crippen molar-refractivity contribution in [1.82, 2.24) is 0 Å². The fraction of sp³-hybridized carbons (Fsp3) is 0.379. The quantitative estimate of drug-likeness (QED) is 0.372. The van der Waals surface area contributed by atoms with Crippen LogP contribution in [0.25, 0.3) is 11.1 Å². The van der Waals surface area contributed by atoms with E-state index in [4.69, 9.17) is 0 Å². The zero-order valence-corrected chi connectivity index (χ0v) is 20.5. The van der Waals surface area contributed by atoms with Gasteiger partial charge < -0.3 is 0 Å². The van der Waals surface area contributed by atoms with Crippen molar-refractivity contribution in [2.75, 3.05) is 0 Å². The number of benzene rings is 2. The van der Waals surface area contributed by atoms with Gasteiger partial charge in [-0.15, -0.1) is 0 Å². The molecule has 0 heterocycles. The number of fused-ring (bicyclic) bond motifs is 2. The first-order chi connectivity index (χ1) is 16.1. The molecule has 0 amide bonds. The van der Waals surface area contributed by atoms with Crippen LogP contribution in [-0.2, 0) is 12.8 Å². The lowest BCUT2D eigenvalue weighted by Crippen LogP contribution is -2.49. The summed E-state index contributed by atoms with van der Waals surface area (Å²) in [5.41, 5.74) is 3.45. The van der Waals surface area contributed by atoms with Crippen LogP contribution in [0.15, 0.2) is 46.6 Å². The summed E-state index contributed by atoms with van der Waals surface area (Å²) in [6, 6.07) is 6.96. The predicted octanol–water partition coefficient (Wildman–Crippen LogP) is 8.50. The highest BCUT2D eigenvalue weighted by Gasteiger charge is 2.81. The molecular formula is C29H26F6. The van der Waals surface area contributed by atoms with Gasteiger partial charge in [-0.3, -0.25) is 0 Å². The molecule has 0 bridgehead atoms. The van der Waals surface area contributed by atoms with Crippen molar-refractivity contribution in [3.63, 3.8) is 0 Å². The van der Waals surface area contributed by atoms with Crippen molar-refractivity contribution in [2.45, 2.75) is 72.2 Å². The van der Waals surface area contributed by atoms with E-state index in [0.29, 0.717) is 33.4 Å². The molecule has 0 saturated carbocycles. The molecule has 3 aliphatic carbocycles. The van der Waals surface area contributed by atoms with Crippen LogP contribution in [0.5, 0.6) is 0 Å². The zero-order chi connectivity index (χ0) is 25.8. The van der Waals surface area contributed by atoms with Gasteiger partial charge in [0.25, 0.3) is 0 Å². The first-order valence-corrected chi connectivity index (χ1v) is 11.6. The fourth-order valence-electron chi connectivity index (χ4n) is 5.80. The Hall–Kier alpha value is -2.76. The third-order valence-corrected chi connectivity index (χ3v) is 7.91. The molecule has 0 fully saturated rings. The maximum Gasteiger partial charge on any atom is 0.380 e. The molecule has 184 valence electrons. The van der Waals surface area contributed by atoms with Crippen LogP contribution in [0.1, 0.15) is 58.4 Å². The van der Waals surface area contributed by atoms with Gasteiger partial charge in [-0.2, -0.15) is 26.3 Å². The zero-order valence-electron chi connectivity index (χ0n) is 20.5. The van der Waals surface area contributed by atoms with Crippen molar-refractivity contribution >= 4 is 11.1 Å². The standard InChI is InChI=1S/C29H26F6/c1-13-7-19-9-17(5)23(21(19)11-15(13)3)25-26(28(32,33)29(34,35)27(25,30)31)24-18(6)10-20-8-14(2)16(4)12-22(20)24/h7-8,11-12H,9-10H2,1-6H3. The minimum absolute atomic E-state index is 0.169. The summed E-state index contributed by atoms with van der Waals surface area (Å²) in [5.74, 6) is -15.6. The number of aryl methyl sites for hydroxylation is 4. The molecule has 0 aromatic heterocycles. The van der Waals surface area contributed by atoms with E-state index < -0.39 is 28.9 Å². The van der Waals surface area contributed by atoms with E-state index in [0.717, 1.165) is 22.3 Å². The highest BCUT2D eigenvalue weighted by molar-refractivity contribution is 5.99. The Morgan fingerprint density at radius 1 is 0.514 bits per heavy atom. The average Bonchev–Trinajstić information content (AvgIpc) is 3.24. The number of rotatable bonds is 2.